The molecule has 0 aliphatic carbocycles. The maximum atomic E-state index is 11.8. The lowest BCUT2D eigenvalue weighted by Gasteiger charge is -2.19. The highest BCUT2D eigenvalue weighted by molar-refractivity contribution is 6.32. The number of nitriles is 1. The van der Waals surface area contributed by atoms with Gasteiger partial charge >= 0.3 is 0 Å². The molecule has 46 heavy (non-hydrogen) atoms. The van der Waals surface area contributed by atoms with E-state index in [1.807, 2.05) is 12.1 Å². The second kappa shape index (κ2) is 15.2. The average Bonchev–Trinajstić information content (AvgIpc) is 3.48. The Bertz CT molecular complexity index is 1750. The third-order valence-corrected chi connectivity index (χ3v) is 8.55. The van der Waals surface area contributed by atoms with Crippen LogP contribution in [0.5, 0.6) is 17.2 Å². The number of β-amino-alcohol motifs (C(OH)–C–C–N with tert-alkyl or cyclic N) is 1. The fraction of sp³-hybridized carbons (Fsp3) is 0.324. The lowest BCUT2D eigenvalue weighted by atomic mass is 9.91. The molecule has 0 saturated carbocycles. The minimum absolute atomic E-state index is 0.121. The molecule has 5 rings (SSSR count). The predicted octanol–water partition coefficient (Wildman–Crippen LogP) is 7.00. The summed E-state index contributed by atoms with van der Waals surface area (Å²) in [5, 5.41) is 19.2. The summed E-state index contributed by atoms with van der Waals surface area (Å²) in [7, 11) is 0. The lowest BCUT2D eigenvalue weighted by Crippen LogP contribution is -2.24. The second-order valence-corrected chi connectivity index (χ2v) is 12.1. The molecule has 9 heteroatoms. The highest BCUT2D eigenvalue weighted by atomic mass is 35.5. The molecule has 1 atom stereocenters. The first kappa shape index (κ1) is 33.0. The van der Waals surface area contributed by atoms with Crippen molar-refractivity contribution in [2.75, 3.05) is 26.2 Å². The third kappa shape index (κ3) is 8.04. The molecule has 238 valence electrons. The van der Waals surface area contributed by atoms with Gasteiger partial charge in [-0.25, -0.2) is 0 Å². The molecule has 0 radical (unpaired) electrons. The number of likely N-dealkylation sites (tertiary alicyclic amines) is 1. The quantitative estimate of drug-likeness (QED) is 0.123. The first-order chi connectivity index (χ1) is 22.2. The maximum Gasteiger partial charge on any atom is 0.153 e. The highest BCUT2D eigenvalue weighted by Crippen LogP contribution is 2.36. The summed E-state index contributed by atoms with van der Waals surface area (Å²) in [4.78, 5) is 18.1. The van der Waals surface area contributed by atoms with E-state index in [0.717, 1.165) is 71.6 Å². The number of rotatable bonds is 13. The Kier molecular flexibility index (Phi) is 10.9. The molecule has 2 heterocycles. The zero-order valence-corrected chi connectivity index (χ0v) is 27.1. The van der Waals surface area contributed by atoms with E-state index < -0.39 is 0 Å². The van der Waals surface area contributed by atoms with Gasteiger partial charge in [0.15, 0.2) is 6.29 Å². The number of benzene rings is 3. The molecule has 0 amide bonds. The Morgan fingerprint density at radius 3 is 2.59 bits per heavy atom. The number of aliphatic hydroxyl groups excluding tert-OH is 1. The van der Waals surface area contributed by atoms with Crippen molar-refractivity contribution >= 4 is 17.9 Å². The molecule has 8 nitrogen and oxygen atoms in total. The van der Waals surface area contributed by atoms with Gasteiger partial charge in [-0.2, -0.15) is 5.26 Å². The number of hydrogen-bond donors (Lipinski definition) is 1. The second-order valence-electron chi connectivity index (χ2n) is 11.7. The molecule has 1 N–H and O–H groups in total. The van der Waals surface area contributed by atoms with Crippen LogP contribution in [0.3, 0.4) is 0 Å². The number of aryl methyl sites for hydroxylation is 1. The molecule has 0 spiro atoms. The van der Waals surface area contributed by atoms with Gasteiger partial charge in [0.05, 0.1) is 28.9 Å². The minimum atomic E-state index is -0.206. The average molecular weight is 640 g/mol. The third-order valence-electron chi connectivity index (χ3n) is 8.25. The van der Waals surface area contributed by atoms with Crippen LogP contribution in [0.2, 0.25) is 5.02 Å². The molecule has 1 aromatic heterocycles. The van der Waals surface area contributed by atoms with Gasteiger partial charge in [0, 0.05) is 43.7 Å². The first-order valence-electron chi connectivity index (χ1n) is 15.4. The van der Waals surface area contributed by atoms with Crippen LogP contribution in [0.15, 0.2) is 60.9 Å². The van der Waals surface area contributed by atoms with E-state index in [1.54, 1.807) is 18.3 Å². The molecular weight excluding hydrogens is 602 g/mol. The number of pyridine rings is 1. The largest absolute Gasteiger partial charge is 0.493 e. The molecule has 3 aromatic carbocycles. The smallest absolute Gasteiger partial charge is 0.153 e. The zero-order chi connectivity index (χ0) is 32.6. The van der Waals surface area contributed by atoms with Crippen molar-refractivity contribution < 1.29 is 24.1 Å². The fourth-order valence-electron chi connectivity index (χ4n) is 5.73. The fourth-order valence-corrected chi connectivity index (χ4v) is 5.96. The van der Waals surface area contributed by atoms with E-state index >= 15 is 0 Å². The zero-order valence-electron chi connectivity index (χ0n) is 26.4. The Hall–Kier alpha value is -4.42. The maximum absolute atomic E-state index is 11.8. The van der Waals surface area contributed by atoms with E-state index in [-0.39, 0.29) is 19.3 Å². The number of aliphatic hydroxyl groups is 1. The van der Waals surface area contributed by atoms with Crippen molar-refractivity contribution in [3.63, 3.8) is 0 Å². The van der Waals surface area contributed by atoms with E-state index in [9.17, 15) is 9.90 Å². The van der Waals surface area contributed by atoms with Crippen LogP contribution in [0.25, 0.3) is 11.1 Å². The summed E-state index contributed by atoms with van der Waals surface area (Å²) in [6.07, 6.45) is 5.31. The summed E-state index contributed by atoms with van der Waals surface area (Å²) in [5.74, 6) is 1.58. The Labute approximate surface area is 275 Å². The molecule has 4 aromatic rings. The van der Waals surface area contributed by atoms with Gasteiger partial charge in [-0.3, -0.25) is 9.78 Å². The van der Waals surface area contributed by atoms with E-state index in [1.165, 1.54) is 12.3 Å². The van der Waals surface area contributed by atoms with Crippen LogP contribution < -0.4 is 14.2 Å². The summed E-state index contributed by atoms with van der Waals surface area (Å²) in [6, 6.07) is 17.3. The first-order valence-corrected chi connectivity index (χ1v) is 15.7. The van der Waals surface area contributed by atoms with Gasteiger partial charge in [0.1, 0.15) is 36.5 Å². The molecule has 1 aliphatic rings. The topological polar surface area (TPSA) is 105 Å². The van der Waals surface area contributed by atoms with E-state index in [4.69, 9.17) is 31.1 Å². The van der Waals surface area contributed by atoms with Gasteiger partial charge in [0.2, 0.25) is 0 Å². The van der Waals surface area contributed by atoms with Gasteiger partial charge in [-0.1, -0.05) is 41.4 Å². The minimum Gasteiger partial charge on any atom is -0.493 e. The molecule has 1 aliphatic heterocycles. The van der Waals surface area contributed by atoms with Crippen LogP contribution in [0.4, 0.5) is 0 Å². The number of halogens is 1. The Balaban J connectivity index is 1.29. The van der Waals surface area contributed by atoms with Crippen molar-refractivity contribution in [2.24, 2.45) is 0 Å². The normalized spacial score (nSPS) is 14.6. The van der Waals surface area contributed by atoms with Crippen LogP contribution in [-0.2, 0) is 13.2 Å². The number of aromatic nitrogens is 1. The van der Waals surface area contributed by atoms with Crippen LogP contribution >= 0.6 is 11.6 Å². The van der Waals surface area contributed by atoms with E-state index in [2.05, 4.69) is 54.9 Å². The number of hydrogen-bond acceptors (Lipinski definition) is 8. The number of ether oxygens (including phenoxy) is 3. The Morgan fingerprint density at radius 2 is 1.83 bits per heavy atom. The van der Waals surface area contributed by atoms with Crippen molar-refractivity contribution in [3.8, 4) is 34.4 Å². The number of nitrogens with zero attached hydrogens (tertiary/aromatic N) is 3. The molecule has 1 saturated heterocycles. The molecule has 1 fully saturated rings. The van der Waals surface area contributed by atoms with E-state index in [0.29, 0.717) is 46.1 Å². The SMILES string of the molecule is Cc1cc(COc2cc(OCc3cncc(C#N)c3)c(C=O)cc2Cl)c(C)c(-c2cccc(OCCCN3CC[C@@H](O)C3)c2C)c1. The monoisotopic (exact) mass is 639 g/mol. The summed E-state index contributed by atoms with van der Waals surface area (Å²) in [5.41, 5.74) is 7.88. The Morgan fingerprint density at radius 1 is 1.00 bits per heavy atom. The number of carbonyl (C=O) groups is 1. The highest BCUT2D eigenvalue weighted by Gasteiger charge is 2.20. The standard InChI is InChI=1S/C37H38ClN3O5/c1-24-12-30(23-46-37-16-36(29(21-42)15-34(37)38)45-22-28-14-27(17-39)18-40-19-28)25(2)33(13-24)32-6-4-7-35(26(32)3)44-11-5-9-41-10-8-31(43)20-41/h4,6-7,12-16,18-19,21,31,43H,5,8-11,20,22-23H2,1-3H3/t31-/m1/s1. The van der Waals surface area contributed by atoms with Crippen molar-refractivity contribution in [1.82, 2.24) is 9.88 Å². The predicted molar refractivity (Wildman–Crippen MR) is 178 cm³/mol. The van der Waals surface area contributed by atoms with Crippen LogP contribution in [0, 0.1) is 32.1 Å². The van der Waals surface area contributed by atoms with Crippen LogP contribution in [0.1, 0.15) is 56.6 Å². The van der Waals surface area contributed by atoms with Crippen molar-refractivity contribution in [1.29, 1.82) is 5.26 Å². The van der Waals surface area contributed by atoms with Gasteiger partial charge in [0.25, 0.3) is 0 Å². The summed E-state index contributed by atoms with van der Waals surface area (Å²) in [6.45, 7) is 9.82. The number of carbonyl (C=O) groups excluding carboxylic acids is 1. The van der Waals surface area contributed by atoms with Gasteiger partial charge < -0.3 is 24.2 Å². The van der Waals surface area contributed by atoms with Crippen molar-refractivity contribution in [2.45, 2.75) is 52.9 Å². The molecule has 0 bridgehead atoms. The van der Waals surface area contributed by atoms with Crippen molar-refractivity contribution in [3.05, 3.63) is 105 Å². The van der Waals surface area contributed by atoms with Gasteiger partial charge in [-0.05, 0) is 79.6 Å². The van der Waals surface area contributed by atoms with Gasteiger partial charge in [-0.15, -0.1) is 0 Å². The summed E-state index contributed by atoms with van der Waals surface area (Å²) >= 11 is 6.52. The molecule has 0 unspecified atom stereocenters. The van der Waals surface area contributed by atoms with Crippen LogP contribution in [-0.4, -0.2) is 53.6 Å². The summed E-state index contributed by atoms with van der Waals surface area (Å²) < 4.78 is 18.4. The number of aldehydes is 1. The molecular formula is C37H38ClN3O5. The lowest BCUT2D eigenvalue weighted by molar-refractivity contribution is 0.111.